The SMILES string of the molecule is C=CC(=O)OC(COCCCCCCCCCCCCCCCCCC)COc1c2ccccc2c(OCC(COCCCCCCCCCCCCCCCCCC)OC(=O)C=C)c2cc(Cl)ccc12. The van der Waals surface area contributed by atoms with Crippen molar-refractivity contribution in [3.8, 4) is 11.5 Å². The zero-order chi connectivity index (χ0) is 50.8. The van der Waals surface area contributed by atoms with Gasteiger partial charge in [0.1, 0.15) is 24.7 Å². The molecular formula is C62H97ClO8. The van der Waals surface area contributed by atoms with Gasteiger partial charge in [0.2, 0.25) is 0 Å². The minimum Gasteiger partial charge on any atom is -0.488 e. The molecule has 0 bridgehead atoms. The van der Waals surface area contributed by atoms with Crippen LogP contribution in [-0.2, 0) is 28.5 Å². The van der Waals surface area contributed by atoms with Crippen molar-refractivity contribution in [2.45, 2.75) is 232 Å². The Morgan fingerprint density at radius 1 is 0.437 bits per heavy atom. The molecule has 3 rings (SSSR count). The maximum atomic E-state index is 12.4. The average molecular weight is 1010 g/mol. The number of carbonyl (C=O) groups excluding carboxylic acids is 2. The first kappa shape index (κ1) is 61.7. The first-order valence-electron chi connectivity index (χ1n) is 28.6. The standard InChI is InChI=1S/C62H97ClO8/c1-5-9-11-13-15-17-19-21-23-25-27-29-31-33-35-39-45-66-48-53(70-59(64)7-3)50-68-61-55-41-37-38-42-56(55)62(58-47-52(63)43-44-57(58)61)69-51-54(71-60(65)8-4)49-67-46-40-36-34-32-30-28-26-24-22-20-18-16-14-12-10-6-2/h7-8,37-38,41-44,47,53-54H,3-6,9-36,39-40,45-46,48-51H2,1-2H3. The Hall–Kier alpha value is -3.59. The fourth-order valence-electron chi connectivity index (χ4n) is 9.33. The Bertz CT molecular complexity index is 1840. The van der Waals surface area contributed by atoms with Crippen LogP contribution in [0.2, 0.25) is 5.02 Å². The molecule has 0 aliphatic rings. The largest absolute Gasteiger partial charge is 0.488 e. The number of unbranched alkanes of at least 4 members (excludes halogenated alkanes) is 30. The third kappa shape index (κ3) is 28.4. The van der Waals surface area contributed by atoms with Crippen LogP contribution in [0.1, 0.15) is 219 Å². The molecule has 3 aromatic carbocycles. The number of rotatable bonds is 48. The molecule has 0 aromatic heterocycles. The second-order valence-electron chi connectivity index (χ2n) is 19.8. The maximum Gasteiger partial charge on any atom is 0.330 e. The lowest BCUT2D eigenvalue weighted by Gasteiger charge is -2.23. The molecule has 400 valence electrons. The van der Waals surface area contributed by atoms with Crippen LogP contribution >= 0.6 is 11.6 Å². The van der Waals surface area contributed by atoms with Crippen LogP contribution in [0, 0.1) is 0 Å². The number of halogens is 1. The maximum absolute atomic E-state index is 12.4. The van der Waals surface area contributed by atoms with E-state index >= 15 is 0 Å². The van der Waals surface area contributed by atoms with E-state index in [4.69, 9.17) is 40.0 Å². The van der Waals surface area contributed by atoms with E-state index in [0.717, 1.165) is 59.4 Å². The molecule has 0 saturated heterocycles. The van der Waals surface area contributed by atoms with E-state index in [1.807, 2.05) is 42.5 Å². The molecule has 71 heavy (non-hydrogen) atoms. The molecule has 0 fully saturated rings. The zero-order valence-electron chi connectivity index (χ0n) is 44.8. The van der Waals surface area contributed by atoms with E-state index < -0.39 is 24.1 Å². The highest BCUT2D eigenvalue weighted by molar-refractivity contribution is 6.31. The van der Waals surface area contributed by atoms with Crippen molar-refractivity contribution >= 4 is 45.1 Å². The molecule has 0 amide bonds. The summed E-state index contributed by atoms with van der Waals surface area (Å²) >= 11 is 6.62. The second-order valence-corrected chi connectivity index (χ2v) is 20.2. The lowest BCUT2D eigenvalue weighted by molar-refractivity contribution is -0.148. The van der Waals surface area contributed by atoms with Gasteiger partial charge in [-0.2, -0.15) is 0 Å². The predicted octanol–water partition coefficient (Wildman–Crippen LogP) is 18.2. The minimum absolute atomic E-state index is 0.0562. The molecule has 0 radical (unpaired) electrons. The topological polar surface area (TPSA) is 89.5 Å². The van der Waals surface area contributed by atoms with Crippen LogP contribution in [0.25, 0.3) is 21.5 Å². The van der Waals surface area contributed by atoms with Gasteiger partial charge < -0.3 is 28.4 Å². The van der Waals surface area contributed by atoms with Gasteiger partial charge >= 0.3 is 11.9 Å². The highest BCUT2D eigenvalue weighted by Gasteiger charge is 2.22. The summed E-state index contributed by atoms with van der Waals surface area (Å²) in [6.45, 7) is 13.4. The minimum atomic E-state index is -0.662. The summed E-state index contributed by atoms with van der Waals surface area (Å²) in [6, 6.07) is 13.4. The number of carbonyl (C=O) groups is 2. The normalized spacial score (nSPS) is 12.3. The van der Waals surface area contributed by atoms with Gasteiger partial charge in [-0.15, -0.1) is 0 Å². The molecule has 0 aliphatic carbocycles. The molecular weight excluding hydrogens is 908 g/mol. The molecule has 0 N–H and O–H groups in total. The number of benzene rings is 3. The lowest BCUT2D eigenvalue weighted by atomic mass is 10.0. The molecule has 0 saturated carbocycles. The fourth-order valence-corrected chi connectivity index (χ4v) is 9.50. The molecule has 0 spiro atoms. The van der Waals surface area contributed by atoms with Gasteiger partial charge in [0.15, 0.2) is 12.2 Å². The van der Waals surface area contributed by atoms with Crippen molar-refractivity contribution in [3.63, 3.8) is 0 Å². The molecule has 3 aromatic rings. The highest BCUT2D eigenvalue weighted by Crippen LogP contribution is 2.44. The Morgan fingerprint density at radius 2 is 0.746 bits per heavy atom. The van der Waals surface area contributed by atoms with Crippen LogP contribution in [0.3, 0.4) is 0 Å². The number of hydrogen-bond acceptors (Lipinski definition) is 8. The van der Waals surface area contributed by atoms with Crippen molar-refractivity contribution in [2.24, 2.45) is 0 Å². The molecule has 8 nitrogen and oxygen atoms in total. The van der Waals surface area contributed by atoms with Gasteiger partial charge in [-0.25, -0.2) is 9.59 Å². The predicted molar refractivity (Wildman–Crippen MR) is 298 cm³/mol. The lowest BCUT2D eigenvalue weighted by Crippen LogP contribution is -2.30. The number of ether oxygens (including phenoxy) is 6. The summed E-state index contributed by atoms with van der Waals surface area (Å²) in [5.41, 5.74) is 0. The molecule has 9 heteroatoms. The van der Waals surface area contributed by atoms with Crippen LogP contribution in [0.5, 0.6) is 11.5 Å². The van der Waals surface area contributed by atoms with Gasteiger partial charge in [-0.1, -0.05) is 255 Å². The van der Waals surface area contributed by atoms with Gasteiger partial charge in [0.25, 0.3) is 0 Å². The highest BCUT2D eigenvalue weighted by atomic mass is 35.5. The smallest absolute Gasteiger partial charge is 0.330 e. The first-order valence-corrected chi connectivity index (χ1v) is 29.0. The van der Waals surface area contributed by atoms with Gasteiger partial charge in [-0.05, 0) is 31.0 Å². The third-order valence-electron chi connectivity index (χ3n) is 13.5. The second kappa shape index (κ2) is 41.8. The van der Waals surface area contributed by atoms with Gasteiger partial charge in [-0.3, -0.25) is 0 Å². The number of fused-ring (bicyclic) bond motifs is 2. The fraction of sp³-hybridized carbons (Fsp3) is 0.677. The van der Waals surface area contributed by atoms with E-state index in [2.05, 4.69) is 27.0 Å². The van der Waals surface area contributed by atoms with Gasteiger partial charge in [0.05, 0.1) is 13.2 Å². The summed E-state index contributed by atoms with van der Waals surface area (Å²) in [5, 5.41) is 3.62. The Balaban J connectivity index is 1.46. The zero-order valence-corrected chi connectivity index (χ0v) is 45.5. The van der Waals surface area contributed by atoms with E-state index in [-0.39, 0.29) is 26.4 Å². The first-order chi connectivity index (χ1) is 34.9. The molecule has 0 heterocycles. The van der Waals surface area contributed by atoms with Crippen LogP contribution < -0.4 is 9.47 Å². The van der Waals surface area contributed by atoms with Gasteiger partial charge in [0, 0.05) is 51.9 Å². The van der Waals surface area contributed by atoms with Crippen molar-refractivity contribution < 1.29 is 38.0 Å². The molecule has 2 atom stereocenters. The van der Waals surface area contributed by atoms with Crippen LogP contribution in [0.4, 0.5) is 0 Å². The van der Waals surface area contributed by atoms with Crippen molar-refractivity contribution in [3.05, 3.63) is 72.8 Å². The summed E-state index contributed by atoms with van der Waals surface area (Å²) in [4.78, 5) is 24.9. The molecule has 2 unspecified atom stereocenters. The summed E-state index contributed by atoms with van der Waals surface area (Å²) in [5.74, 6) is 0.121. The van der Waals surface area contributed by atoms with E-state index in [9.17, 15) is 9.59 Å². The van der Waals surface area contributed by atoms with Crippen molar-refractivity contribution in [1.29, 1.82) is 0 Å². The summed E-state index contributed by atoms with van der Waals surface area (Å²) in [6.07, 6.45) is 43.0. The van der Waals surface area contributed by atoms with E-state index in [0.29, 0.717) is 29.7 Å². The van der Waals surface area contributed by atoms with Crippen molar-refractivity contribution in [2.75, 3.05) is 39.6 Å². The Morgan fingerprint density at radius 3 is 1.08 bits per heavy atom. The average Bonchev–Trinajstić information content (AvgIpc) is 3.38. The van der Waals surface area contributed by atoms with Crippen molar-refractivity contribution in [1.82, 2.24) is 0 Å². The van der Waals surface area contributed by atoms with Crippen LogP contribution in [-0.4, -0.2) is 63.8 Å². The summed E-state index contributed by atoms with van der Waals surface area (Å²) < 4.78 is 36.7. The third-order valence-corrected chi connectivity index (χ3v) is 13.7. The van der Waals surface area contributed by atoms with E-state index in [1.54, 1.807) is 0 Å². The Labute approximate surface area is 436 Å². The monoisotopic (exact) mass is 1000 g/mol. The van der Waals surface area contributed by atoms with E-state index in [1.165, 1.54) is 180 Å². The molecule has 0 aliphatic heterocycles. The van der Waals surface area contributed by atoms with Crippen LogP contribution in [0.15, 0.2) is 67.8 Å². The summed E-state index contributed by atoms with van der Waals surface area (Å²) in [7, 11) is 0. The Kier molecular flexibility index (Phi) is 36.4. The number of hydrogen-bond donors (Lipinski definition) is 0. The quantitative estimate of drug-likeness (QED) is 0.0239. The number of esters is 2.